The molecule has 0 aromatic heterocycles. The normalized spacial score (nSPS) is 44.1. The lowest BCUT2D eigenvalue weighted by atomic mass is 9.45. The van der Waals surface area contributed by atoms with Gasteiger partial charge in [-0.05, 0) is 98.2 Å². The minimum absolute atomic E-state index is 0.103. The topological polar surface area (TPSA) is 57.5 Å². The zero-order valence-electron chi connectivity index (χ0n) is 19.7. The summed E-state index contributed by atoms with van der Waals surface area (Å²) in [7, 11) is 0. The molecule has 0 radical (unpaired) electrons. The molecular formula is C27H44O3. The van der Waals surface area contributed by atoms with Gasteiger partial charge in [-0.2, -0.15) is 0 Å². The van der Waals surface area contributed by atoms with Crippen LogP contribution < -0.4 is 0 Å². The molecule has 3 saturated carbocycles. The number of allylic oxidation sites excluding steroid dienone is 1. The third-order valence-corrected chi connectivity index (χ3v) is 10.3. The van der Waals surface area contributed by atoms with E-state index in [4.69, 9.17) is 0 Å². The molecule has 3 heteroatoms. The number of carboxylic acids is 1. The molecule has 4 aliphatic rings. The third kappa shape index (κ3) is 3.67. The fraction of sp³-hybridized carbons (Fsp3) is 0.889. The van der Waals surface area contributed by atoms with Gasteiger partial charge in [0.2, 0.25) is 0 Å². The molecular weight excluding hydrogens is 372 g/mol. The highest BCUT2D eigenvalue weighted by atomic mass is 16.4. The van der Waals surface area contributed by atoms with Crippen LogP contribution in [-0.2, 0) is 4.79 Å². The number of hydrogen-bond donors (Lipinski definition) is 2. The standard InChI is InChI=1S/C27H44O3/c1-17(2)6-5-7-20(25(29)30)18-12-14-26(3)19(16-18)8-9-21-22-10-11-24(28)27(22,4)15-13-23(21)26/h12,17,19-24,28H,5-11,13-16H2,1-4H3,(H,29,30)/t19-,20+,21+,22+,23+,24-,26-,27-/m0/s1. The Morgan fingerprint density at radius 3 is 2.50 bits per heavy atom. The van der Waals surface area contributed by atoms with Gasteiger partial charge in [-0.3, -0.25) is 4.79 Å². The molecule has 0 aliphatic heterocycles. The van der Waals surface area contributed by atoms with Crippen molar-refractivity contribution in [1.82, 2.24) is 0 Å². The molecule has 4 aliphatic carbocycles. The van der Waals surface area contributed by atoms with Crippen molar-refractivity contribution in [3.8, 4) is 0 Å². The van der Waals surface area contributed by atoms with Gasteiger partial charge >= 0.3 is 5.97 Å². The lowest BCUT2D eigenvalue weighted by molar-refractivity contribution is -0.141. The minimum Gasteiger partial charge on any atom is -0.481 e. The molecule has 2 N–H and O–H groups in total. The van der Waals surface area contributed by atoms with E-state index in [1.54, 1.807) is 0 Å². The summed E-state index contributed by atoms with van der Waals surface area (Å²) < 4.78 is 0. The van der Waals surface area contributed by atoms with E-state index in [0.717, 1.165) is 50.4 Å². The molecule has 0 saturated heterocycles. The van der Waals surface area contributed by atoms with Crippen LogP contribution in [0, 0.1) is 46.3 Å². The quantitative estimate of drug-likeness (QED) is 0.489. The number of fused-ring (bicyclic) bond motifs is 5. The second kappa shape index (κ2) is 8.26. The highest BCUT2D eigenvalue weighted by Crippen LogP contribution is 2.66. The Morgan fingerprint density at radius 2 is 1.80 bits per heavy atom. The van der Waals surface area contributed by atoms with Crippen molar-refractivity contribution in [3.05, 3.63) is 11.6 Å². The smallest absolute Gasteiger partial charge is 0.310 e. The van der Waals surface area contributed by atoms with Crippen LogP contribution in [0.2, 0.25) is 0 Å². The molecule has 8 atom stereocenters. The molecule has 4 rings (SSSR count). The largest absolute Gasteiger partial charge is 0.481 e. The van der Waals surface area contributed by atoms with Gasteiger partial charge in [0, 0.05) is 0 Å². The average Bonchev–Trinajstić information content (AvgIpc) is 2.99. The number of aliphatic carboxylic acids is 1. The van der Waals surface area contributed by atoms with Crippen LogP contribution in [-0.4, -0.2) is 22.3 Å². The van der Waals surface area contributed by atoms with E-state index in [1.165, 1.54) is 37.7 Å². The van der Waals surface area contributed by atoms with Crippen molar-refractivity contribution in [2.75, 3.05) is 0 Å². The lowest BCUT2D eigenvalue weighted by Gasteiger charge is -2.60. The minimum atomic E-state index is -0.615. The maximum Gasteiger partial charge on any atom is 0.310 e. The zero-order chi connectivity index (χ0) is 21.7. The molecule has 0 heterocycles. The van der Waals surface area contributed by atoms with Gasteiger partial charge in [-0.15, -0.1) is 0 Å². The van der Waals surface area contributed by atoms with Gasteiger partial charge < -0.3 is 10.2 Å². The lowest BCUT2D eigenvalue weighted by Crippen LogP contribution is -2.53. The van der Waals surface area contributed by atoms with Crippen LogP contribution >= 0.6 is 0 Å². The molecule has 0 aromatic carbocycles. The highest BCUT2D eigenvalue weighted by Gasteiger charge is 2.59. The first kappa shape index (κ1) is 22.4. The summed E-state index contributed by atoms with van der Waals surface area (Å²) in [6, 6.07) is 0. The first-order valence-electron chi connectivity index (χ1n) is 12.8. The molecule has 0 bridgehead atoms. The van der Waals surface area contributed by atoms with Gasteiger partial charge in [-0.1, -0.05) is 52.2 Å². The fourth-order valence-electron chi connectivity index (χ4n) is 8.36. The first-order chi connectivity index (χ1) is 14.2. The SMILES string of the molecule is CC(C)CCC[C@@H](C(=O)O)C1=CC[C@@]2(C)[C@@H](CC[C@H]3[C@H]2CC[C@@]2(C)[C@@H]3CC[C@@H]2O)C1. The van der Waals surface area contributed by atoms with Crippen molar-refractivity contribution in [2.45, 2.75) is 104 Å². The molecule has 3 fully saturated rings. The average molecular weight is 417 g/mol. The van der Waals surface area contributed by atoms with Crippen molar-refractivity contribution < 1.29 is 15.0 Å². The summed E-state index contributed by atoms with van der Waals surface area (Å²) in [6.07, 6.45) is 14.4. The first-order valence-corrected chi connectivity index (χ1v) is 12.8. The van der Waals surface area contributed by atoms with Crippen LogP contribution in [0.3, 0.4) is 0 Å². The Bertz CT molecular complexity index is 682. The maximum absolute atomic E-state index is 12.1. The predicted molar refractivity (Wildman–Crippen MR) is 121 cm³/mol. The van der Waals surface area contributed by atoms with E-state index >= 15 is 0 Å². The summed E-state index contributed by atoms with van der Waals surface area (Å²) in [5.74, 6) is 2.60. The van der Waals surface area contributed by atoms with Crippen LogP contribution in [0.25, 0.3) is 0 Å². The number of hydrogen-bond acceptors (Lipinski definition) is 2. The monoisotopic (exact) mass is 416 g/mol. The molecule has 0 spiro atoms. The Kier molecular flexibility index (Phi) is 6.16. The molecule has 0 unspecified atom stereocenters. The number of carboxylic acid groups (broad SMARTS) is 1. The van der Waals surface area contributed by atoms with E-state index in [0.29, 0.717) is 23.2 Å². The van der Waals surface area contributed by atoms with Crippen molar-refractivity contribution >= 4 is 5.97 Å². The van der Waals surface area contributed by atoms with Gasteiger partial charge in [0.05, 0.1) is 12.0 Å². The van der Waals surface area contributed by atoms with Crippen molar-refractivity contribution in [3.63, 3.8) is 0 Å². The fourth-order valence-corrected chi connectivity index (χ4v) is 8.36. The second-order valence-electron chi connectivity index (χ2n) is 12.2. The Morgan fingerprint density at radius 1 is 1.07 bits per heavy atom. The van der Waals surface area contributed by atoms with E-state index in [2.05, 4.69) is 33.8 Å². The van der Waals surface area contributed by atoms with Crippen LogP contribution in [0.4, 0.5) is 0 Å². The van der Waals surface area contributed by atoms with Gasteiger partial charge in [0.15, 0.2) is 0 Å². The number of rotatable bonds is 6. The summed E-state index contributed by atoms with van der Waals surface area (Å²) in [4.78, 5) is 12.1. The molecule has 3 nitrogen and oxygen atoms in total. The van der Waals surface area contributed by atoms with Crippen LogP contribution in [0.15, 0.2) is 11.6 Å². The van der Waals surface area contributed by atoms with Crippen molar-refractivity contribution in [2.24, 2.45) is 46.3 Å². The van der Waals surface area contributed by atoms with Gasteiger partial charge in [0.1, 0.15) is 0 Å². The molecule has 30 heavy (non-hydrogen) atoms. The Balaban J connectivity index is 1.50. The Labute approximate surface area is 183 Å². The highest BCUT2D eigenvalue weighted by molar-refractivity contribution is 5.73. The zero-order valence-corrected chi connectivity index (χ0v) is 19.7. The third-order valence-electron chi connectivity index (χ3n) is 10.3. The predicted octanol–water partition coefficient (Wildman–Crippen LogP) is 6.45. The second-order valence-corrected chi connectivity index (χ2v) is 12.2. The maximum atomic E-state index is 12.1. The van der Waals surface area contributed by atoms with Crippen molar-refractivity contribution in [1.29, 1.82) is 0 Å². The summed E-state index contributed by atoms with van der Waals surface area (Å²) in [6.45, 7) is 9.31. The van der Waals surface area contributed by atoms with E-state index in [1.807, 2.05) is 0 Å². The molecule has 0 aromatic rings. The summed E-state index contributed by atoms with van der Waals surface area (Å²) in [5.41, 5.74) is 1.69. The van der Waals surface area contributed by atoms with Gasteiger partial charge in [-0.25, -0.2) is 0 Å². The molecule has 0 amide bonds. The summed E-state index contributed by atoms with van der Waals surface area (Å²) >= 11 is 0. The number of aliphatic hydroxyl groups excluding tert-OH is 1. The summed E-state index contributed by atoms with van der Waals surface area (Å²) in [5, 5.41) is 20.6. The van der Waals surface area contributed by atoms with E-state index in [-0.39, 0.29) is 17.4 Å². The number of carbonyl (C=O) groups is 1. The van der Waals surface area contributed by atoms with E-state index < -0.39 is 5.97 Å². The Hall–Kier alpha value is -0.830. The van der Waals surface area contributed by atoms with Gasteiger partial charge in [0.25, 0.3) is 0 Å². The van der Waals surface area contributed by atoms with Crippen LogP contribution in [0.5, 0.6) is 0 Å². The molecule has 170 valence electrons. The number of aliphatic hydroxyl groups is 1. The van der Waals surface area contributed by atoms with Crippen LogP contribution in [0.1, 0.15) is 98.3 Å². The van der Waals surface area contributed by atoms with E-state index in [9.17, 15) is 15.0 Å².